The molecule has 14 heteroatoms. The SMILES string of the molecule is CC(C)(C)OC(=O)N[C@H](Cc1ccccc1)C(=O)N[C@@H](CCCN/C(N)=N/[N+](=O)[O-])C(=O)NCCc1c[nH]c2ccccc12. The second-order valence-electron chi connectivity index (χ2n) is 11.1. The van der Waals surface area contributed by atoms with Crippen molar-refractivity contribution in [2.75, 3.05) is 13.1 Å². The number of hydrazone groups is 1. The van der Waals surface area contributed by atoms with Crippen molar-refractivity contribution in [2.24, 2.45) is 10.8 Å². The number of H-pyrrole nitrogens is 1. The molecule has 44 heavy (non-hydrogen) atoms. The standard InChI is InChI=1S/C30H40N8O6/c1-30(2,3)44-29(41)36-25(18-20-10-5-4-6-11-20)27(40)35-24(14-9-16-33-28(31)37-38(42)43)26(39)32-17-15-21-19-34-23-13-8-7-12-22(21)23/h4-8,10-13,19,24-25,34H,9,14-18H2,1-3H3,(H,32,39)(H,35,40)(H,36,41)(H3,31,33,37)/t24-,25+/m0/s1. The lowest BCUT2D eigenvalue weighted by Gasteiger charge is -2.25. The Bertz CT molecular complexity index is 1450. The summed E-state index contributed by atoms with van der Waals surface area (Å²) in [4.78, 5) is 53.2. The number of alkyl carbamates (subject to hydrolysis) is 1. The molecule has 0 saturated heterocycles. The van der Waals surface area contributed by atoms with Crippen LogP contribution in [0.25, 0.3) is 10.9 Å². The highest BCUT2D eigenvalue weighted by molar-refractivity contribution is 5.91. The van der Waals surface area contributed by atoms with Crippen LogP contribution >= 0.6 is 0 Å². The fraction of sp³-hybridized carbons (Fsp3) is 0.400. The molecular weight excluding hydrogens is 568 g/mol. The average molecular weight is 609 g/mol. The van der Waals surface area contributed by atoms with E-state index < -0.39 is 40.6 Å². The maximum absolute atomic E-state index is 13.5. The third kappa shape index (κ3) is 11.3. The molecule has 0 aliphatic heterocycles. The minimum Gasteiger partial charge on any atom is -0.444 e. The molecule has 0 aliphatic rings. The lowest BCUT2D eigenvalue weighted by atomic mass is 10.0. The lowest BCUT2D eigenvalue weighted by molar-refractivity contribution is -0.485. The molecule has 1 aromatic heterocycles. The molecule has 0 saturated carbocycles. The summed E-state index contributed by atoms with van der Waals surface area (Å²) >= 11 is 0. The first kappa shape index (κ1) is 33.4. The Morgan fingerprint density at radius 2 is 1.68 bits per heavy atom. The van der Waals surface area contributed by atoms with Crippen LogP contribution in [0, 0.1) is 10.1 Å². The van der Waals surface area contributed by atoms with Crippen LogP contribution in [0.3, 0.4) is 0 Å². The van der Waals surface area contributed by atoms with Gasteiger partial charge in [0.15, 0.2) is 5.03 Å². The molecule has 0 unspecified atom stereocenters. The van der Waals surface area contributed by atoms with E-state index in [1.807, 2.05) is 60.8 Å². The summed E-state index contributed by atoms with van der Waals surface area (Å²) in [5.41, 5.74) is 7.53. The molecule has 7 N–H and O–H groups in total. The highest BCUT2D eigenvalue weighted by Gasteiger charge is 2.28. The summed E-state index contributed by atoms with van der Waals surface area (Å²) < 4.78 is 5.37. The van der Waals surface area contributed by atoms with E-state index in [0.717, 1.165) is 22.0 Å². The number of ether oxygens (including phenoxy) is 1. The summed E-state index contributed by atoms with van der Waals surface area (Å²) in [7, 11) is 0. The van der Waals surface area contributed by atoms with Crippen LogP contribution in [-0.4, -0.2) is 64.7 Å². The van der Waals surface area contributed by atoms with Gasteiger partial charge in [-0.25, -0.2) is 14.9 Å². The van der Waals surface area contributed by atoms with E-state index >= 15 is 0 Å². The number of hydrogen-bond acceptors (Lipinski definition) is 6. The van der Waals surface area contributed by atoms with Gasteiger partial charge < -0.3 is 36.7 Å². The van der Waals surface area contributed by atoms with Crippen molar-refractivity contribution in [1.29, 1.82) is 0 Å². The molecule has 236 valence electrons. The van der Waals surface area contributed by atoms with Crippen LogP contribution in [0.4, 0.5) is 4.79 Å². The second kappa shape index (κ2) is 15.9. The monoisotopic (exact) mass is 608 g/mol. The van der Waals surface area contributed by atoms with Crippen molar-refractivity contribution in [1.82, 2.24) is 26.3 Å². The van der Waals surface area contributed by atoms with Gasteiger partial charge in [0.05, 0.1) is 0 Å². The Hall–Kier alpha value is -5.14. The largest absolute Gasteiger partial charge is 0.444 e. The summed E-state index contributed by atoms with van der Waals surface area (Å²) in [6.45, 7) is 5.63. The second-order valence-corrected chi connectivity index (χ2v) is 11.1. The molecule has 0 radical (unpaired) electrons. The number of para-hydroxylation sites is 1. The zero-order chi connectivity index (χ0) is 32.1. The number of aromatic amines is 1. The normalized spacial score (nSPS) is 13.0. The van der Waals surface area contributed by atoms with Crippen molar-refractivity contribution in [2.45, 2.75) is 64.1 Å². The molecule has 0 fully saturated rings. The Balaban J connectivity index is 1.70. The minimum absolute atomic E-state index is 0.163. The summed E-state index contributed by atoms with van der Waals surface area (Å²) in [5, 5.41) is 24.5. The van der Waals surface area contributed by atoms with Gasteiger partial charge in [0.1, 0.15) is 22.8 Å². The van der Waals surface area contributed by atoms with Crippen molar-refractivity contribution < 1.29 is 24.2 Å². The smallest absolute Gasteiger partial charge is 0.408 e. The molecule has 0 bridgehead atoms. The van der Waals surface area contributed by atoms with Gasteiger partial charge in [-0.2, -0.15) is 0 Å². The number of hydrogen-bond donors (Lipinski definition) is 6. The molecule has 3 rings (SSSR count). The predicted octanol–water partition coefficient (Wildman–Crippen LogP) is 2.32. The van der Waals surface area contributed by atoms with Crippen LogP contribution in [-0.2, 0) is 27.2 Å². The average Bonchev–Trinajstić information content (AvgIpc) is 3.36. The Morgan fingerprint density at radius 3 is 2.39 bits per heavy atom. The Morgan fingerprint density at radius 1 is 0.977 bits per heavy atom. The van der Waals surface area contributed by atoms with E-state index in [-0.39, 0.29) is 25.3 Å². The first-order valence-corrected chi connectivity index (χ1v) is 14.3. The molecule has 3 amide bonds. The highest BCUT2D eigenvalue weighted by atomic mass is 16.7. The van der Waals surface area contributed by atoms with Crippen LogP contribution in [0.5, 0.6) is 0 Å². The number of carbonyl (C=O) groups excluding carboxylic acids is 3. The van der Waals surface area contributed by atoms with Gasteiger partial charge >= 0.3 is 6.09 Å². The minimum atomic E-state index is -1.03. The van der Waals surface area contributed by atoms with Gasteiger partial charge in [0.2, 0.25) is 11.8 Å². The van der Waals surface area contributed by atoms with Crippen LogP contribution < -0.4 is 27.0 Å². The predicted molar refractivity (Wildman–Crippen MR) is 166 cm³/mol. The van der Waals surface area contributed by atoms with E-state index in [0.29, 0.717) is 19.4 Å². The number of carbonyl (C=O) groups is 3. The van der Waals surface area contributed by atoms with Crippen molar-refractivity contribution >= 4 is 34.8 Å². The number of guanidine groups is 1. The van der Waals surface area contributed by atoms with Gasteiger partial charge in [0, 0.05) is 36.6 Å². The van der Waals surface area contributed by atoms with Crippen LogP contribution in [0.15, 0.2) is 65.9 Å². The van der Waals surface area contributed by atoms with E-state index in [1.54, 1.807) is 20.8 Å². The van der Waals surface area contributed by atoms with Gasteiger partial charge in [0.25, 0.3) is 5.96 Å². The Labute approximate surface area is 255 Å². The van der Waals surface area contributed by atoms with Crippen molar-refractivity contribution in [3.63, 3.8) is 0 Å². The molecule has 2 aromatic carbocycles. The summed E-state index contributed by atoms with van der Waals surface area (Å²) in [5.74, 6) is -1.36. The number of nitrogens with zero attached hydrogens (tertiary/aromatic N) is 2. The van der Waals surface area contributed by atoms with Gasteiger partial charge in [-0.15, -0.1) is 0 Å². The van der Waals surface area contributed by atoms with E-state index in [1.165, 1.54) is 0 Å². The molecule has 2 atom stereocenters. The molecule has 14 nitrogen and oxygen atoms in total. The summed E-state index contributed by atoms with van der Waals surface area (Å²) in [6, 6.07) is 15.0. The first-order chi connectivity index (χ1) is 20.9. The fourth-order valence-electron chi connectivity index (χ4n) is 4.48. The third-order valence-corrected chi connectivity index (χ3v) is 6.46. The number of fused-ring (bicyclic) bond motifs is 1. The Kier molecular flexibility index (Phi) is 12.1. The van der Waals surface area contributed by atoms with E-state index in [9.17, 15) is 24.5 Å². The number of benzene rings is 2. The zero-order valence-corrected chi connectivity index (χ0v) is 25.1. The third-order valence-electron chi connectivity index (χ3n) is 6.46. The number of amides is 3. The molecule has 0 aliphatic carbocycles. The first-order valence-electron chi connectivity index (χ1n) is 14.3. The number of nitro groups is 1. The lowest BCUT2D eigenvalue weighted by Crippen LogP contribution is -2.55. The molecule has 0 spiro atoms. The van der Waals surface area contributed by atoms with Gasteiger partial charge in [-0.05, 0) is 57.2 Å². The topological polar surface area (TPSA) is 206 Å². The number of aromatic nitrogens is 1. The maximum atomic E-state index is 13.5. The zero-order valence-electron chi connectivity index (χ0n) is 25.1. The number of rotatable bonds is 14. The van der Waals surface area contributed by atoms with Gasteiger partial charge in [-0.1, -0.05) is 48.5 Å². The number of nitrogens with one attached hydrogen (secondary N) is 5. The van der Waals surface area contributed by atoms with E-state index in [4.69, 9.17) is 10.5 Å². The molecule has 1 heterocycles. The van der Waals surface area contributed by atoms with Crippen molar-refractivity contribution in [3.8, 4) is 0 Å². The quantitative estimate of drug-likeness (QED) is 0.0525. The molecule has 3 aromatic rings. The molecular formula is C30H40N8O6. The highest BCUT2D eigenvalue weighted by Crippen LogP contribution is 2.17. The summed E-state index contributed by atoms with van der Waals surface area (Å²) in [6.07, 6.45) is 2.35. The van der Waals surface area contributed by atoms with Crippen molar-refractivity contribution in [3.05, 3.63) is 82.0 Å². The van der Waals surface area contributed by atoms with Gasteiger partial charge in [-0.3, -0.25) is 9.59 Å². The number of nitrogens with two attached hydrogens (primary N) is 1. The fourth-order valence-corrected chi connectivity index (χ4v) is 4.48. The van der Waals surface area contributed by atoms with Crippen LogP contribution in [0.1, 0.15) is 44.7 Å². The van der Waals surface area contributed by atoms with E-state index in [2.05, 4.69) is 31.4 Å². The van der Waals surface area contributed by atoms with Crippen LogP contribution in [0.2, 0.25) is 0 Å². The maximum Gasteiger partial charge on any atom is 0.408 e.